The molecule has 0 bridgehead atoms. The summed E-state index contributed by atoms with van der Waals surface area (Å²) in [7, 11) is 0. The molecule has 0 atom stereocenters. The zero-order chi connectivity index (χ0) is 9.52. The maximum Gasteiger partial charge on any atom is 0.0736 e. The van der Waals surface area contributed by atoms with Crippen LogP contribution in [-0.4, -0.2) is 13.2 Å². The fraction of sp³-hybridized carbons (Fsp3) is 0.455. The summed E-state index contributed by atoms with van der Waals surface area (Å²) < 4.78 is 5.37. The van der Waals surface area contributed by atoms with Crippen LogP contribution in [0.1, 0.15) is 19.4 Å². The Balaban J connectivity index is 2.66. The monoisotopic (exact) mass is 179 g/mol. The van der Waals surface area contributed by atoms with Crippen molar-refractivity contribution in [1.82, 2.24) is 0 Å². The predicted octanol–water partition coefficient (Wildman–Crippen LogP) is 2.65. The van der Waals surface area contributed by atoms with E-state index in [0.717, 1.165) is 13.2 Å². The predicted molar refractivity (Wildman–Crippen MR) is 55.9 cm³/mol. The summed E-state index contributed by atoms with van der Waals surface area (Å²) >= 11 is 0. The van der Waals surface area contributed by atoms with E-state index in [1.807, 2.05) is 19.1 Å². The zero-order valence-corrected chi connectivity index (χ0v) is 8.34. The van der Waals surface area contributed by atoms with Crippen molar-refractivity contribution < 1.29 is 4.74 Å². The number of para-hydroxylation sites is 1. The van der Waals surface area contributed by atoms with E-state index in [1.54, 1.807) is 0 Å². The second-order valence-electron chi connectivity index (χ2n) is 2.82. The molecule has 0 saturated carbocycles. The van der Waals surface area contributed by atoms with Gasteiger partial charge in [-0.1, -0.05) is 18.2 Å². The van der Waals surface area contributed by atoms with E-state index >= 15 is 0 Å². The van der Waals surface area contributed by atoms with Crippen LogP contribution in [0.5, 0.6) is 0 Å². The molecule has 0 unspecified atom stereocenters. The maximum atomic E-state index is 5.37. The third kappa shape index (κ3) is 3.07. The molecule has 0 amide bonds. The van der Waals surface area contributed by atoms with Gasteiger partial charge in [0, 0.05) is 24.4 Å². The summed E-state index contributed by atoms with van der Waals surface area (Å²) in [5.74, 6) is 0. The molecule has 1 rings (SSSR count). The van der Waals surface area contributed by atoms with Crippen molar-refractivity contribution in [3.63, 3.8) is 0 Å². The van der Waals surface area contributed by atoms with Crippen molar-refractivity contribution in [3.05, 3.63) is 29.8 Å². The smallest absolute Gasteiger partial charge is 0.0736 e. The first-order valence-electron chi connectivity index (χ1n) is 4.78. The Labute approximate surface area is 79.9 Å². The molecular formula is C11H17NO. The second kappa shape index (κ2) is 5.60. The number of ether oxygens (including phenoxy) is 1. The van der Waals surface area contributed by atoms with E-state index in [0.29, 0.717) is 6.61 Å². The molecule has 0 aliphatic heterocycles. The average molecular weight is 179 g/mol. The Kier molecular flexibility index (Phi) is 4.33. The van der Waals surface area contributed by atoms with Crippen LogP contribution >= 0.6 is 0 Å². The largest absolute Gasteiger partial charge is 0.385 e. The van der Waals surface area contributed by atoms with Gasteiger partial charge in [0.15, 0.2) is 0 Å². The average Bonchev–Trinajstić information content (AvgIpc) is 2.17. The molecule has 1 aromatic carbocycles. The lowest BCUT2D eigenvalue weighted by Gasteiger charge is -2.09. The minimum atomic E-state index is 0.694. The van der Waals surface area contributed by atoms with E-state index in [1.165, 1.54) is 11.3 Å². The zero-order valence-electron chi connectivity index (χ0n) is 8.34. The van der Waals surface area contributed by atoms with E-state index < -0.39 is 0 Å². The highest BCUT2D eigenvalue weighted by atomic mass is 16.5. The van der Waals surface area contributed by atoms with Crippen molar-refractivity contribution >= 4 is 5.69 Å². The van der Waals surface area contributed by atoms with Crippen molar-refractivity contribution in [2.24, 2.45) is 0 Å². The van der Waals surface area contributed by atoms with Crippen molar-refractivity contribution in [2.75, 3.05) is 18.5 Å². The first-order valence-corrected chi connectivity index (χ1v) is 4.78. The minimum absolute atomic E-state index is 0.694. The fourth-order valence-corrected chi connectivity index (χ4v) is 1.22. The van der Waals surface area contributed by atoms with Gasteiger partial charge in [-0.2, -0.15) is 0 Å². The van der Waals surface area contributed by atoms with Crippen LogP contribution in [0.15, 0.2) is 24.3 Å². The lowest BCUT2D eigenvalue weighted by Crippen LogP contribution is -2.02. The molecule has 0 aromatic heterocycles. The van der Waals surface area contributed by atoms with E-state index in [2.05, 4.69) is 24.4 Å². The van der Waals surface area contributed by atoms with Crippen LogP contribution < -0.4 is 5.32 Å². The molecule has 0 fully saturated rings. The van der Waals surface area contributed by atoms with Crippen LogP contribution in [0, 0.1) is 0 Å². The number of anilines is 1. The number of nitrogens with one attached hydrogen (secondary N) is 1. The van der Waals surface area contributed by atoms with Gasteiger partial charge in [0.2, 0.25) is 0 Å². The van der Waals surface area contributed by atoms with Crippen LogP contribution in [0.2, 0.25) is 0 Å². The van der Waals surface area contributed by atoms with Gasteiger partial charge < -0.3 is 10.1 Å². The Bertz CT molecular complexity index is 248. The fourth-order valence-electron chi connectivity index (χ4n) is 1.22. The normalized spacial score (nSPS) is 10.0. The van der Waals surface area contributed by atoms with E-state index in [9.17, 15) is 0 Å². The van der Waals surface area contributed by atoms with Crippen LogP contribution in [0.4, 0.5) is 5.69 Å². The first-order chi connectivity index (χ1) is 6.38. The van der Waals surface area contributed by atoms with Crippen molar-refractivity contribution in [3.8, 4) is 0 Å². The Morgan fingerprint density at radius 3 is 2.69 bits per heavy atom. The van der Waals surface area contributed by atoms with Crippen LogP contribution in [0.25, 0.3) is 0 Å². The van der Waals surface area contributed by atoms with Gasteiger partial charge in [0.1, 0.15) is 0 Å². The Morgan fingerprint density at radius 2 is 2.00 bits per heavy atom. The molecule has 13 heavy (non-hydrogen) atoms. The minimum Gasteiger partial charge on any atom is -0.385 e. The maximum absolute atomic E-state index is 5.37. The number of hydrogen-bond donors (Lipinski definition) is 1. The molecule has 0 heterocycles. The molecule has 1 N–H and O–H groups in total. The summed E-state index contributed by atoms with van der Waals surface area (Å²) in [5, 5.41) is 3.31. The molecule has 72 valence electrons. The molecular weight excluding hydrogens is 162 g/mol. The molecule has 0 radical (unpaired) electrons. The highest BCUT2D eigenvalue weighted by molar-refractivity contribution is 5.50. The van der Waals surface area contributed by atoms with E-state index in [4.69, 9.17) is 4.74 Å². The molecule has 0 saturated heterocycles. The van der Waals surface area contributed by atoms with Crippen molar-refractivity contribution in [2.45, 2.75) is 20.5 Å². The van der Waals surface area contributed by atoms with Gasteiger partial charge >= 0.3 is 0 Å². The van der Waals surface area contributed by atoms with Gasteiger partial charge in [-0.15, -0.1) is 0 Å². The molecule has 0 aliphatic carbocycles. The second-order valence-corrected chi connectivity index (χ2v) is 2.82. The number of benzene rings is 1. The summed E-state index contributed by atoms with van der Waals surface area (Å²) in [5.41, 5.74) is 2.41. The van der Waals surface area contributed by atoms with Crippen molar-refractivity contribution in [1.29, 1.82) is 0 Å². The highest BCUT2D eigenvalue weighted by Gasteiger charge is 1.98. The van der Waals surface area contributed by atoms with Crippen LogP contribution in [0.3, 0.4) is 0 Å². The molecule has 2 heteroatoms. The standard InChI is InChI=1S/C11H17NO/c1-3-12-11-8-6-5-7-10(11)9-13-4-2/h5-8,12H,3-4,9H2,1-2H3. The summed E-state index contributed by atoms with van der Waals surface area (Å²) in [4.78, 5) is 0. The molecule has 2 nitrogen and oxygen atoms in total. The van der Waals surface area contributed by atoms with Gasteiger partial charge in [-0.3, -0.25) is 0 Å². The third-order valence-corrected chi connectivity index (χ3v) is 1.85. The molecule has 0 spiro atoms. The van der Waals surface area contributed by atoms with E-state index in [-0.39, 0.29) is 0 Å². The topological polar surface area (TPSA) is 21.3 Å². The van der Waals surface area contributed by atoms with Gasteiger partial charge in [-0.05, 0) is 19.9 Å². The lowest BCUT2D eigenvalue weighted by molar-refractivity contribution is 0.134. The lowest BCUT2D eigenvalue weighted by atomic mass is 10.2. The Hall–Kier alpha value is -1.02. The highest BCUT2D eigenvalue weighted by Crippen LogP contribution is 2.15. The van der Waals surface area contributed by atoms with Crippen LogP contribution in [-0.2, 0) is 11.3 Å². The SMILES string of the molecule is CCNc1ccccc1COCC. The first kappa shape index (κ1) is 10.1. The van der Waals surface area contributed by atoms with Gasteiger partial charge in [-0.25, -0.2) is 0 Å². The molecule has 1 aromatic rings. The third-order valence-electron chi connectivity index (χ3n) is 1.85. The molecule has 0 aliphatic rings. The number of rotatable bonds is 5. The number of hydrogen-bond acceptors (Lipinski definition) is 2. The van der Waals surface area contributed by atoms with Gasteiger partial charge in [0.05, 0.1) is 6.61 Å². The quantitative estimate of drug-likeness (QED) is 0.750. The Morgan fingerprint density at radius 1 is 1.23 bits per heavy atom. The summed E-state index contributed by atoms with van der Waals surface area (Å²) in [6, 6.07) is 8.24. The summed E-state index contributed by atoms with van der Waals surface area (Å²) in [6.07, 6.45) is 0. The summed E-state index contributed by atoms with van der Waals surface area (Å²) in [6.45, 7) is 6.51. The van der Waals surface area contributed by atoms with Gasteiger partial charge in [0.25, 0.3) is 0 Å².